The second-order valence-corrected chi connectivity index (χ2v) is 13.2. The third kappa shape index (κ3) is 5.19. The van der Waals surface area contributed by atoms with E-state index in [9.17, 15) is 19.5 Å². The minimum atomic E-state index is -1.08. The molecule has 0 bridgehead atoms. The number of hydrogen-bond donors (Lipinski definition) is 3. The summed E-state index contributed by atoms with van der Waals surface area (Å²) < 4.78 is 5.79. The Bertz CT molecular complexity index is 846. The predicted octanol–water partition coefficient (Wildman–Crippen LogP) is 5.25. The molecule has 36 heavy (non-hydrogen) atoms. The van der Waals surface area contributed by atoms with Crippen LogP contribution in [0, 0.1) is 46.3 Å². The maximum absolute atomic E-state index is 12.3. The zero-order valence-corrected chi connectivity index (χ0v) is 22.4. The van der Waals surface area contributed by atoms with E-state index in [2.05, 4.69) is 20.8 Å². The zero-order valence-electron chi connectivity index (χ0n) is 22.4. The van der Waals surface area contributed by atoms with Gasteiger partial charge < -0.3 is 20.7 Å². The number of hydrogen-bond acceptors (Lipinski definition) is 5. The van der Waals surface area contributed by atoms with Crippen LogP contribution in [0.3, 0.4) is 0 Å². The number of esters is 1. The normalized spacial score (nSPS) is 41.3. The van der Waals surface area contributed by atoms with Crippen molar-refractivity contribution >= 4 is 17.9 Å². The molecule has 0 unspecified atom stereocenters. The standard InChI is InChI=1S/C29H47NO6/c1-17(4-10-25(31)32)21-7-8-22-20-6-5-18-16-19(36-26(33)11-9-24(30)27(34)35)12-14-28(18,2)23(20)13-15-29(21,22)3/h17-24H,4-16,30H2,1-3H3,(H,31,32)(H,34,35)/t17-,18-,19+,20+,21-,22+,23+,24-,28+,29-/m1/s1. The van der Waals surface area contributed by atoms with E-state index >= 15 is 0 Å². The largest absolute Gasteiger partial charge is 0.481 e. The first kappa shape index (κ1) is 27.4. The highest BCUT2D eigenvalue weighted by Crippen LogP contribution is 2.68. The number of rotatable bonds is 9. The van der Waals surface area contributed by atoms with E-state index in [-0.39, 0.29) is 31.3 Å². The molecule has 0 heterocycles. The summed E-state index contributed by atoms with van der Waals surface area (Å²) in [6, 6.07) is -1.02. The highest BCUT2D eigenvalue weighted by atomic mass is 16.5. The van der Waals surface area contributed by atoms with E-state index in [1.54, 1.807) is 0 Å². The summed E-state index contributed by atoms with van der Waals surface area (Å²) in [5, 5.41) is 18.1. The van der Waals surface area contributed by atoms with Gasteiger partial charge in [0.1, 0.15) is 12.1 Å². The van der Waals surface area contributed by atoms with Crippen LogP contribution in [0.15, 0.2) is 0 Å². The average molecular weight is 506 g/mol. The van der Waals surface area contributed by atoms with Gasteiger partial charge in [-0.25, -0.2) is 0 Å². The first-order valence-electron chi connectivity index (χ1n) is 14.4. The molecule has 4 saturated carbocycles. The molecule has 4 N–H and O–H groups in total. The van der Waals surface area contributed by atoms with Crippen LogP contribution in [-0.4, -0.2) is 40.3 Å². The summed E-state index contributed by atoms with van der Waals surface area (Å²) in [5.74, 6) is 1.83. The average Bonchev–Trinajstić information content (AvgIpc) is 3.18. The number of ether oxygens (including phenoxy) is 1. The van der Waals surface area contributed by atoms with Crippen LogP contribution in [0.5, 0.6) is 0 Å². The summed E-state index contributed by atoms with van der Waals surface area (Å²) >= 11 is 0. The molecular weight excluding hydrogens is 458 g/mol. The maximum atomic E-state index is 12.3. The van der Waals surface area contributed by atoms with Crippen LogP contribution in [-0.2, 0) is 19.1 Å². The lowest BCUT2D eigenvalue weighted by atomic mass is 9.44. The van der Waals surface area contributed by atoms with E-state index in [4.69, 9.17) is 15.6 Å². The first-order chi connectivity index (χ1) is 17.0. The lowest BCUT2D eigenvalue weighted by Gasteiger charge is -2.61. The van der Waals surface area contributed by atoms with Crippen molar-refractivity contribution < 1.29 is 29.3 Å². The summed E-state index contributed by atoms with van der Waals surface area (Å²) in [7, 11) is 0. The van der Waals surface area contributed by atoms with Gasteiger partial charge in [-0.15, -0.1) is 0 Å². The number of carbonyl (C=O) groups is 3. The Morgan fingerprint density at radius 3 is 2.31 bits per heavy atom. The second-order valence-electron chi connectivity index (χ2n) is 13.2. The van der Waals surface area contributed by atoms with Crippen LogP contribution in [0.4, 0.5) is 0 Å². The number of carbonyl (C=O) groups excluding carboxylic acids is 1. The Balaban J connectivity index is 1.36. The Hall–Kier alpha value is -1.63. The number of fused-ring (bicyclic) bond motifs is 5. The monoisotopic (exact) mass is 505 g/mol. The molecule has 0 radical (unpaired) electrons. The summed E-state index contributed by atoms with van der Waals surface area (Å²) in [6.45, 7) is 7.30. The van der Waals surface area contributed by atoms with Crippen molar-refractivity contribution in [3.8, 4) is 0 Å². The van der Waals surface area contributed by atoms with Crippen LogP contribution >= 0.6 is 0 Å². The molecule has 0 aromatic carbocycles. The van der Waals surface area contributed by atoms with Gasteiger partial charge in [0.25, 0.3) is 0 Å². The van der Waals surface area contributed by atoms with Gasteiger partial charge in [0.2, 0.25) is 0 Å². The number of carboxylic acid groups (broad SMARTS) is 2. The van der Waals surface area contributed by atoms with Crippen molar-refractivity contribution in [2.45, 2.75) is 116 Å². The van der Waals surface area contributed by atoms with Crippen molar-refractivity contribution in [2.75, 3.05) is 0 Å². The van der Waals surface area contributed by atoms with Gasteiger partial charge in [0, 0.05) is 12.8 Å². The van der Waals surface area contributed by atoms with Gasteiger partial charge in [-0.3, -0.25) is 14.4 Å². The molecule has 4 fully saturated rings. The van der Waals surface area contributed by atoms with Crippen LogP contribution < -0.4 is 5.73 Å². The molecule has 4 aliphatic rings. The number of nitrogens with two attached hydrogens (primary N) is 1. The highest BCUT2D eigenvalue weighted by Gasteiger charge is 2.60. The molecule has 0 aliphatic heterocycles. The number of aliphatic carboxylic acids is 2. The fourth-order valence-corrected chi connectivity index (χ4v) is 9.50. The van der Waals surface area contributed by atoms with Crippen LogP contribution in [0.25, 0.3) is 0 Å². The zero-order chi connectivity index (χ0) is 26.3. The molecule has 204 valence electrons. The third-order valence-corrected chi connectivity index (χ3v) is 11.5. The van der Waals surface area contributed by atoms with E-state index in [0.717, 1.165) is 43.4 Å². The minimum absolute atomic E-state index is 0.0584. The van der Waals surface area contributed by atoms with Crippen molar-refractivity contribution in [3.05, 3.63) is 0 Å². The molecule has 7 heteroatoms. The molecule has 10 atom stereocenters. The van der Waals surface area contributed by atoms with Crippen molar-refractivity contribution in [1.29, 1.82) is 0 Å². The fraction of sp³-hybridized carbons (Fsp3) is 0.897. The summed E-state index contributed by atoms with van der Waals surface area (Å²) in [6.07, 6.45) is 11.6. The fourth-order valence-electron chi connectivity index (χ4n) is 9.50. The number of carboxylic acids is 2. The molecule has 0 aromatic rings. The Morgan fingerprint density at radius 2 is 1.61 bits per heavy atom. The molecule has 0 amide bonds. The van der Waals surface area contributed by atoms with Crippen molar-refractivity contribution in [2.24, 2.45) is 52.1 Å². The van der Waals surface area contributed by atoms with E-state index in [1.165, 1.54) is 38.5 Å². The molecule has 4 rings (SSSR count). The van der Waals surface area contributed by atoms with Gasteiger partial charge in [0.15, 0.2) is 0 Å². The quantitative estimate of drug-likeness (QED) is 0.365. The third-order valence-electron chi connectivity index (χ3n) is 11.5. The predicted molar refractivity (Wildman–Crippen MR) is 136 cm³/mol. The SMILES string of the molecule is C[C@H](CCC(=O)O)[C@H]1CC[C@H]2[C@@H]3CC[C@@H]4C[C@@H](OC(=O)CC[C@@H](N)C(=O)O)CC[C@]4(C)[C@H]3CC[C@]12C. The lowest BCUT2D eigenvalue weighted by Crippen LogP contribution is -2.54. The van der Waals surface area contributed by atoms with E-state index in [0.29, 0.717) is 28.6 Å². The smallest absolute Gasteiger partial charge is 0.320 e. The Labute approximate surface area is 215 Å². The van der Waals surface area contributed by atoms with E-state index in [1.807, 2.05) is 0 Å². The van der Waals surface area contributed by atoms with Crippen LogP contribution in [0.1, 0.15) is 104 Å². The molecule has 4 aliphatic carbocycles. The van der Waals surface area contributed by atoms with Gasteiger partial charge in [-0.2, -0.15) is 0 Å². The molecule has 0 spiro atoms. The van der Waals surface area contributed by atoms with Crippen molar-refractivity contribution in [3.63, 3.8) is 0 Å². The summed E-state index contributed by atoms with van der Waals surface area (Å²) in [5.41, 5.74) is 6.17. The lowest BCUT2D eigenvalue weighted by molar-refractivity contribution is -0.163. The second kappa shape index (κ2) is 10.6. The summed E-state index contributed by atoms with van der Waals surface area (Å²) in [4.78, 5) is 34.4. The van der Waals surface area contributed by atoms with Crippen LogP contribution in [0.2, 0.25) is 0 Å². The minimum Gasteiger partial charge on any atom is -0.481 e. The van der Waals surface area contributed by atoms with Gasteiger partial charge in [-0.05, 0) is 117 Å². The van der Waals surface area contributed by atoms with Gasteiger partial charge in [0.05, 0.1) is 0 Å². The maximum Gasteiger partial charge on any atom is 0.320 e. The Kier molecular flexibility index (Phi) is 8.09. The molecule has 0 saturated heterocycles. The van der Waals surface area contributed by atoms with E-state index < -0.39 is 18.0 Å². The molecule has 0 aromatic heterocycles. The molecular formula is C29H47NO6. The van der Waals surface area contributed by atoms with Gasteiger partial charge in [-0.1, -0.05) is 20.8 Å². The first-order valence-corrected chi connectivity index (χ1v) is 14.4. The topological polar surface area (TPSA) is 127 Å². The highest BCUT2D eigenvalue weighted by molar-refractivity contribution is 5.75. The Morgan fingerprint density at radius 1 is 0.917 bits per heavy atom. The molecule has 7 nitrogen and oxygen atoms in total. The van der Waals surface area contributed by atoms with Gasteiger partial charge >= 0.3 is 17.9 Å². The van der Waals surface area contributed by atoms with Crippen molar-refractivity contribution in [1.82, 2.24) is 0 Å².